The molecule has 6 heteroatoms. The molecule has 0 aliphatic carbocycles. The summed E-state index contributed by atoms with van der Waals surface area (Å²) in [7, 11) is 5.14. The van der Waals surface area contributed by atoms with Crippen molar-refractivity contribution in [2.45, 2.75) is 18.9 Å². The van der Waals surface area contributed by atoms with E-state index in [1.54, 1.807) is 14.2 Å². The third-order valence-corrected chi connectivity index (χ3v) is 3.75. The van der Waals surface area contributed by atoms with Crippen molar-refractivity contribution in [1.29, 1.82) is 0 Å². The lowest BCUT2D eigenvalue weighted by molar-refractivity contribution is -0.129. The first-order valence-electron chi connectivity index (χ1n) is 6.84. The van der Waals surface area contributed by atoms with Crippen LogP contribution in [0.2, 0.25) is 0 Å². The summed E-state index contributed by atoms with van der Waals surface area (Å²) in [6.45, 7) is 1.63. The van der Waals surface area contributed by atoms with Gasteiger partial charge < -0.3 is 19.7 Å². The number of nitrogens with zero attached hydrogens (tertiary/aromatic N) is 1. The Kier molecular flexibility index (Phi) is 6.78. The molecule has 1 aromatic carbocycles. The largest absolute Gasteiger partial charge is 0.493 e. The van der Waals surface area contributed by atoms with E-state index in [-0.39, 0.29) is 18.3 Å². The number of methoxy groups -OCH3 is 2. The molecule has 5 nitrogen and oxygen atoms in total. The Hall–Kier alpha value is -1.46. The van der Waals surface area contributed by atoms with Gasteiger partial charge in [0.05, 0.1) is 20.6 Å². The first-order chi connectivity index (χ1) is 9.67. The fraction of sp³-hybridized carbons (Fsp3) is 0.533. The van der Waals surface area contributed by atoms with Crippen LogP contribution in [-0.2, 0) is 11.2 Å². The van der Waals surface area contributed by atoms with Crippen LogP contribution >= 0.6 is 12.4 Å². The lowest BCUT2D eigenvalue weighted by Gasteiger charge is -2.17. The number of rotatable bonds is 5. The molecule has 2 rings (SSSR count). The number of likely N-dealkylation sites (tertiary alicyclic amines) is 1. The Labute approximate surface area is 132 Å². The molecule has 1 aromatic rings. The van der Waals surface area contributed by atoms with E-state index in [0.717, 1.165) is 25.1 Å². The molecule has 1 heterocycles. The lowest BCUT2D eigenvalue weighted by Crippen LogP contribution is -2.34. The normalized spacial score (nSPS) is 17.3. The van der Waals surface area contributed by atoms with Crippen LogP contribution in [0.25, 0.3) is 0 Å². The predicted octanol–water partition coefficient (Wildman–Crippen LogP) is 1.49. The van der Waals surface area contributed by atoms with Gasteiger partial charge in [-0.05, 0) is 31.2 Å². The number of hydrogen-bond donors (Lipinski definition) is 1. The molecule has 0 saturated carbocycles. The van der Waals surface area contributed by atoms with Crippen molar-refractivity contribution in [3.05, 3.63) is 23.8 Å². The first-order valence-corrected chi connectivity index (χ1v) is 6.84. The second-order valence-electron chi connectivity index (χ2n) is 4.98. The summed E-state index contributed by atoms with van der Waals surface area (Å²) in [5, 5.41) is 3.22. The smallest absolute Gasteiger partial charge is 0.227 e. The molecular formula is C15H23ClN2O3. The Morgan fingerprint density at radius 3 is 2.62 bits per heavy atom. The number of benzene rings is 1. The molecule has 0 bridgehead atoms. The van der Waals surface area contributed by atoms with Gasteiger partial charge in [-0.3, -0.25) is 4.79 Å². The van der Waals surface area contributed by atoms with Crippen LogP contribution in [0.4, 0.5) is 0 Å². The van der Waals surface area contributed by atoms with Gasteiger partial charge >= 0.3 is 0 Å². The molecule has 0 spiro atoms. The van der Waals surface area contributed by atoms with Gasteiger partial charge in [-0.2, -0.15) is 0 Å². The van der Waals surface area contributed by atoms with Crippen LogP contribution in [-0.4, -0.2) is 51.2 Å². The van der Waals surface area contributed by atoms with E-state index < -0.39 is 0 Å². The highest BCUT2D eigenvalue weighted by atomic mass is 35.5. The summed E-state index contributed by atoms with van der Waals surface area (Å²) in [5.41, 5.74) is 0.945. The van der Waals surface area contributed by atoms with Crippen molar-refractivity contribution in [2.24, 2.45) is 0 Å². The van der Waals surface area contributed by atoms with Crippen molar-refractivity contribution < 1.29 is 14.3 Å². The molecule has 1 unspecified atom stereocenters. The number of carbonyl (C=O) groups excluding carboxylic acids is 1. The number of amides is 1. The molecule has 1 aliphatic rings. The third-order valence-electron chi connectivity index (χ3n) is 3.75. The van der Waals surface area contributed by atoms with E-state index in [4.69, 9.17) is 9.47 Å². The topological polar surface area (TPSA) is 50.8 Å². The van der Waals surface area contributed by atoms with Crippen LogP contribution in [0.1, 0.15) is 12.0 Å². The van der Waals surface area contributed by atoms with Gasteiger partial charge in [-0.1, -0.05) is 6.07 Å². The molecule has 1 N–H and O–H groups in total. The Morgan fingerprint density at radius 1 is 1.33 bits per heavy atom. The highest BCUT2D eigenvalue weighted by Gasteiger charge is 2.25. The van der Waals surface area contributed by atoms with Crippen molar-refractivity contribution >= 4 is 18.3 Å². The van der Waals surface area contributed by atoms with Crippen molar-refractivity contribution in [1.82, 2.24) is 10.2 Å². The standard InChI is InChI=1S/C15H22N2O3.ClH/c1-16-12-6-7-17(10-12)15(18)9-11-4-5-13(19-2)14(8-11)20-3;/h4-5,8,12,16H,6-7,9-10H2,1-3H3;1H. The lowest BCUT2D eigenvalue weighted by atomic mass is 10.1. The van der Waals surface area contributed by atoms with Crippen LogP contribution in [0, 0.1) is 0 Å². The minimum Gasteiger partial charge on any atom is -0.493 e. The van der Waals surface area contributed by atoms with Crippen LogP contribution in [0.5, 0.6) is 11.5 Å². The average molecular weight is 315 g/mol. The van der Waals surface area contributed by atoms with Crippen molar-refractivity contribution in [3.8, 4) is 11.5 Å². The minimum atomic E-state index is 0. The Balaban J connectivity index is 0.00000220. The quantitative estimate of drug-likeness (QED) is 0.894. The van der Waals surface area contributed by atoms with Gasteiger partial charge in [0.25, 0.3) is 0 Å². The number of ether oxygens (including phenoxy) is 2. The monoisotopic (exact) mass is 314 g/mol. The second kappa shape index (κ2) is 8.10. The zero-order valence-electron chi connectivity index (χ0n) is 12.7. The zero-order chi connectivity index (χ0) is 14.5. The van der Waals surface area contributed by atoms with Crippen LogP contribution in [0.3, 0.4) is 0 Å². The molecule has 1 aliphatic heterocycles. The second-order valence-corrected chi connectivity index (χ2v) is 4.98. The van der Waals surface area contributed by atoms with Crippen LogP contribution < -0.4 is 14.8 Å². The van der Waals surface area contributed by atoms with E-state index in [0.29, 0.717) is 24.0 Å². The Morgan fingerprint density at radius 2 is 2.05 bits per heavy atom. The average Bonchev–Trinajstić information content (AvgIpc) is 2.96. The van der Waals surface area contributed by atoms with Gasteiger partial charge in [-0.25, -0.2) is 0 Å². The number of halogens is 1. The molecule has 1 saturated heterocycles. The van der Waals surface area contributed by atoms with Crippen molar-refractivity contribution in [2.75, 3.05) is 34.4 Å². The SMILES string of the molecule is CNC1CCN(C(=O)Cc2ccc(OC)c(OC)c2)C1.Cl. The predicted molar refractivity (Wildman–Crippen MR) is 84.5 cm³/mol. The summed E-state index contributed by atoms with van der Waals surface area (Å²) in [6, 6.07) is 6.03. The number of hydrogen-bond acceptors (Lipinski definition) is 4. The van der Waals surface area contributed by atoms with E-state index in [1.807, 2.05) is 30.1 Å². The third kappa shape index (κ3) is 4.25. The molecule has 118 valence electrons. The molecule has 1 fully saturated rings. The summed E-state index contributed by atoms with van der Waals surface area (Å²) >= 11 is 0. The highest BCUT2D eigenvalue weighted by molar-refractivity contribution is 5.85. The molecular weight excluding hydrogens is 292 g/mol. The maximum absolute atomic E-state index is 12.3. The maximum Gasteiger partial charge on any atom is 0.227 e. The van der Waals surface area contributed by atoms with Gasteiger partial charge in [0, 0.05) is 19.1 Å². The van der Waals surface area contributed by atoms with Gasteiger partial charge in [0.15, 0.2) is 11.5 Å². The van der Waals surface area contributed by atoms with Gasteiger partial charge in [-0.15, -0.1) is 12.4 Å². The van der Waals surface area contributed by atoms with Gasteiger partial charge in [0.2, 0.25) is 5.91 Å². The van der Waals surface area contributed by atoms with E-state index in [9.17, 15) is 4.79 Å². The molecule has 0 radical (unpaired) electrons. The number of nitrogens with one attached hydrogen (secondary N) is 1. The summed E-state index contributed by atoms with van der Waals surface area (Å²) in [6.07, 6.45) is 1.42. The van der Waals surface area contributed by atoms with Crippen molar-refractivity contribution in [3.63, 3.8) is 0 Å². The summed E-state index contributed by atoms with van der Waals surface area (Å²) in [5.74, 6) is 1.50. The fourth-order valence-corrected chi connectivity index (χ4v) is 2.50. The number of likely N-dealkylation sites (N-methyl/N-ethyl adjacent to an activating group) is 1. The zero-order valence-corrected chi connectivity index (χ0v) is 13.5. The summed E-state index contributed by atoms with van der Waals surface area (Å²) < 4.78 is 10.5. The van der Waals surface area contributed by atoms with Gasteiger partial charge in [0.1, 0.15) is 0 Å². The molecule has 1 atom stereocenters. The number of carbonyl (C=O) groups is 1. The molecule has 1 amide bonds. The maximum atomic E-state index is 12.3. The van der Waals surface area contributed by atoms with Crippen LogP contribution in [0.15, 0.2) is 18.2 Å². The molecule has 0 aromatic heterocycles. The molecule has 21 heavy (non-hydrogen) atoms. The fourth-order valence-electron chi connectivity index (χ4n) is 2.50. The van der Waals surface area contributed by atoms with E-state index >= 15 is 0 Å². The minimum absolute atomic E-state index is 0. The highest BCUT2D eigenvalue weighted by Crippen LogP contribution is 2.28. The summed E-state index contributed by atoms with van der Waals surface area (Å²) in [4.78, 5) is 14.2. The first kappa shape index (κ1) is 17.6. The Bertz CT molecular complexity index is 482. The van der Waals surface area contributed by atoms with E-state index in [1.165, 1.54) is 0 Å². The van der Waals surface area contributed by atoms with E-state index in [2.05, 4.69) is 5.32 Å².